The maximum Gasteiger partial charge on any atom is 0.332 e. The van der Waals surface area contributed by atoms with Crippen molar-refractivity contribution in [1.29, 1.82) is 0 Å². The Kier molecular flexibility index (Phi) is 5.24. The van der Waals surface area contributed by atoms with Gasteiger partial charge in [-0.25, -0.2) is 14.3 Å². The molecule has 0 bridgehead atoms. The van der Waals surface area contributed by atoms with Crippen molar-refractivity contribution < 1.29 is 0 Å². The lowest BCUT2D eigenvalue weighted by molar-refractivity contribution is 0.567. The second-order valence-electron chi connectivity index (χ2n) is 8.36. The normalized spacial score (nSPS) is 15.4. The highest BCUT2D eigenvalue weighted by atomic mass is 16.2. The fourth-order valence-corrected chi connectivity index (χ4v) is 4.55. The third kappa shape index (κ3) is 3.50. The summed E-state index contributed by atoms with van der Waals surface area (Å²) in [6.45, 7) is 3.19. The molecule has 1 aliphatic carbocycles. The van der Waals surface area contributed by atoms with Crippen LogP contribution in [0.4, 0.5) is 5.95 Å². The Morgan fingerprint density at radius 3 is 2.58 bits per heavy atom. The zero-order chi connectivity index (χ0) is 23.1. The second-order valence-corrected chi connectivity index (χ2v) is 8.36. The number of anilines is 1. The fraction of sp³-hybridized carbons (Fsp3) is 0.435. The average Bonchev–Trinajstić information content (AvgIpc) is 3.21. The van der Waals surface area contributed by atoms with Crippen LogP contribution in [0, 0.1) is 12.0 Å². The third-order valence-electron chi connectivity index (χ3n) is 6.18. The molecule has 10 nitrogen and oxygen atoms in total. The molecule has 1 saturated heterocycles. The minimum absolute atomic E-state index is 0.151. The van der Waals surface area contributed by atoms with Gasteiger partial charge in [0, 0.05) is 26.2 Å². The van der Waals surface area contributed by atoms with Crippen LogP contribution in [0.5, 0.6) is 0 Å². The van der Waals surface area contributed by atoms with Gasteiger partial charge >= 0.3 is 5.69 Å². The van der Waals surface area contributed by atoms with Crippen molar-refractivity contribution in [3.63, 3.8) is 0 Å². The Morgan fingerprint density at radius 2 is 1.82 bits per heavy atom. The van der Waals surface area contributed by atoms with Gasteiger partial charge in [-0.05, 0) is 39.0 Å². The smallest absolute Gasteiger partial charge is 0.332 e. The SMILES string of the molecule is CC#Cn1c(N2CCCCC2)nc2c1c(=O)n(Cc1nc3c(c(=O)[nH]1)=CCCC=3)c(=O)n2C. The minimum Gasteiger partial charge on any atom is -0.341 e. The van der Waals surface area contributed by atoms with Crippen LogP contribution in [-0.4, -0.2) is 41.7 Å². The largest absolute Gasteiger partial charge is 0.341 e. The molecule has 1 aliphatic heterocycles. The molecule has 0 amide bonds. The van der Waals surface area contributed by atoms with Gasteiger partial charge in [0.2, 0.25) is 5.95 Å². The molecule has 3 aromatic rings. The van der Waals surface area contributed by atoms with Gasteiger partial charge in [0.15, 0.2) is 11.2 Å². The number of piperidine rings is 1. The molecule has 4 heterocycles. The maximum atomic E-state index is 13.5. The molecular weight excluding hydrogens is 422 g/mol. The number of rotatable bonds is 3. The summed E-state index contributed by atoms with van der Waals surface area (Å²) >= 11 is 0. The van der Waals surface area contributed by atoms with Crippen molar-refractivity contribution in [3.8, 4) is 12.0 Å². The lowest BCUT2D eigenvalue weighted by Gasteiger charge is -2.26. The number of fused-ring (bicyclic) bond motifs is 2. The predicted octanol–water partition coefficient (Wildman–Crippen LogP) is -0.798. The Balaban J connectivity index is 1.71. The Labute approximate surface area is 188 Å². The highest BCUT2D eigenvalue weighted by molar-refractivity contribution is 5.76. The molecule has 5 rings (SSSR count). The average molecular weight is 447 g/mol. The van der Waals surface area contributed by atoms with Crippen molar-refractivity contribution in [2.45, 2.75) is 45.6 Å². The molecule has 0 atom stereocenters. The van der Waals surface area contributed by atoms with E-state index < -0.39 is 11.2 Å². The number of hydrogen-bond donors (Lipinski definition) is 1. The molecule has 10 heteroatoms. The quantitative estimate of drug-likeness (QED) is 0.527. The number of hydrogen-bond acceptors (Lipinski definition) is 6. The number of aromatic amines is 1. The van der Waals surface area contributed by atoms with Crippen molar-refractivity contribution in [2.24, 2.45) is 7.05 Å². The number of aryl methyl sites for hydroxylation is 1. The molecule has 0 unspecified atom stereocenters. The molecule has 1 N–H and O–H groups in total. The summed E-state index contributed by atoms with van der Waals surface area (Å²) in [5, 5.41) is 1.11. The van der Waals surface area contributed by atoms with E-state index in [9.17, 15) is 14.4 Å². The molecule has 2 aliphatic rings. The van der Waals surface area contributed by atoms with Crippen molar-refractivity contribution >= 4 is 29.3 Å². The first-order chi connectivity index (χ1) is 16.0. The van der Waals surface area contributed by atoms with Crippen molar-refractivity contribution in [2.75, 3.05) is 18.0 Å². The van der Waals surface area contributed by atoms with Gasteiger partial charge in [0.25, 0.3) is 11.1 Å². The highest BCUT2D eigenvalue weighted by Crippen LogP contribution is 2.22. The fourth-order valence-electron chi connectivity index (χ4n) is 4.55. The zero-order valence-electron chi connectivity index (χ0n) is 18.7. The first-order valence-electron chi connectivity index (χ1n) is 11.2. The number of nitrogens with one attached hydrogen (secondary N) is 1. The van der Waals surface area contributed by atoms with Gasteiger partial charge in [-0.15, -0.1) is 0 Å². The summed E-state index contributed by atoms with van der Waals surface area (Å²) in [5.41, 5.74) is -0.775. The molecule has 3 aromatic heterocycles. The molecule has 0 saturated carbocycles. The molecule has 33 heavy (non-hydrogen) atoms. The van der Waals surface area contributed by atoms with Crippen molar-refractivity contribution in [3.05, 3.63) is 47.6 Å². The number of nitrogens with zero attached hydrogens (tertiary/aromatic N) is 6. The van der Waals surface area contributed by atoms with Gasteiger partial charge in [-0.3, -0.25) is 18.7 Å². The Bertz CT molecular complexity index is 1620. The highest BCUT2D eigenvalue weighted by Gasteiger charge is 2.24. The summed E-state index contributed by atoms with van der Waals surface area (Å²) in [4.78, 5) is 53.1. The molecule has 0 radical (unpaired) electrons. The molecule has 170 valence electrons. The standard InChI is InChI=1S/C23H25N7O3/c1-3-11-29-18-19(26-22(29)28-12-7-4-8-13-28)27(2)23(33)30(21(18)32)14-17-24-16-10-6-5-9-15(16)20(31)25-17/h9-10H,4-8,12-14H2,1-2H3,(H,24,25,31). The topological polar surface area (TPSA) is 111 Å². The van der Waals surface area contributed by atoms with Crippen LogP contribution >= 0.6 is 0 Å². The number of H-pyrrole nitrogens is 1. The van der Waals surface area contributed by atoms with Gasteiger partial charge in [0.05, 0.1) is 17.1 Å². The van der Waals surface area contributed by atoms with E-state index in [4.69, 9.17) is 0 Å². The third-order valence-corrected chi connectivity index (χ3v) is 6.18. The first kappa shape index (κ1) is 21.0. The first-order valence-corrected chi connectivity index (χ1v) is 11.2. The van der Waals surface area contributed by atoms with Crippen LogP contribution in [0.2, 0.25) is 0 Å². The lowest BCUT2D eigenvalue weighted by atomic mass is 10.1. The Morgan fingerprint density at radius 1 is 1.06 bits per heavy atom. The molecule has 0 aromatic carbocycles. The van der Waals surface area contributed by atoms with E-state index in [-0.39, 0.29) is 23.4 Å². The molecular formula is C23H25N7O3. The van der Waals surface area contributed by atoms with Crippen LogP contribution in [0.25, 0.3) is 23.3 Å². The van der Waals surface area contributed by atoms with E-state index in [0.717, 1.165) is 49.8 Å². The predicted molar refractivity (Wildman–Crippen MR) is 126 cm³/mol. The summed E-state index contributed by atoms with van der Waals surface area (Å²) in [6.07, 6.45) is 8.57. The lowest BCUT2D eigenvalue weighted by Crippen LogP contribution is -2.46. The van der Waals surface area contributed by atoms with E-state index in [0.29, 0.717) is 22.2 Å². The van der Waals surface area contributed by atoms with E-state index in [1.807, 2.05) is 12.2 Å². The zero-order valence-corrected chi connectivity index (χ0v) is 18.7. The van der Waals surface area contributed by atoms with E-state index in [1.54, 1.807) is 18.5 Å². The van der Waals surface area contributed by atoms with Crippen LogP contribution < -0.4 is 32.3 Å². The summed E-state index contributed by atoms with van der Waals surface area (Å²) in [7, 11) is 1.59. The van der Waals surface area contributed by atoms with Gasteiger partial charge in [0.1, 0.15) is 5.82 Å². The minimum atomic E-state index is -0.525. The van der Waals surface area contributed by atoms with Gasteiger partial charge in [-0.1, -0.05) is 18.1 Å². The monoisotopic (exact) mass is 447 g/mol. The van der Waals surface area contributed by atoms with Crippen molar-refractivity contribution in [1.82, 2.24) is 28.7 Å². The second kappa shape index (κ2) is 8.24. The van der Waals surface area contributed by atoms with Crippen LogP contribution in [0.3, 0.4) is 0 Å². The Hall–Kier alpha value is -3.87. The van der Waals surface area contributed by atoms with E-state index in [1.165, 1.54) is 4.57 Å². The molecule has 0 spiro atoms. The van der Waals surface area contributed by atoms with E-state index in [2.05, 4.69) is 31.8 Å². The summed E-state index contributed by atoms with van der Waals surface area (Å²) < 4.78 is 4.02. The van der Waals surface area contributed by atoms with Gasteiger partial charge in [-0.2, -0.15) is 4.98 Å². The maximum absolute atomic E-state index is 13.5. The number of imidazole rings is 1. The molecule has 1 fully saturated rings. The van der Waals surface area contributed by atoms with Crippen LogP contribution in [0.1, 0.15) is 44.9 Å². The number of aromatic nitrogens is 6. The van der Waals surface area contributed by atoms with E-state index >= 15 is 0 Å². The van der Waals surface area contributed by atoms with Crippen LogP contribution in [-0.2, 0) is 13.6 Å². The van der Waals surface area contributed by atoms with Crippen LogP contribution in [0.15, 0.2) is 14.4 Å². The van der Waals surface area contributed by atoms with Gasteiger partial charge < -0.3 is 9.88 Å². The summed E-state index contributed by atoms with van der Waals surface area (Å²) in [6, 6.07) is 2.98. The summed E-state index contributed by atoms with van der Waals surface area (Å²) in [5.74, 6) is 3.69.